The highest BCUT2D eigenvalue weighted by Crippen LogP contribution is 2.28. The molecule has 2 atom stereocenters. The van der Waals surface area contributed by atoms with Gasteiger partial charge in [-0.1, -0.05) is 38.1 Å². The van der Waals surface area contributed by atoms with Crippen molar-refractivity contribution in [2.24, 2.45) is 11.7 Å². The number of amides is 1. The van der Waals surface area contributed by atoms with Gasteiger partial charge < -0.3 is 15.4 Å². The molecule has 1 amide bonds. The molecule has 21 heavy (non-hydrogen) atoms. The van der Waals surface area contributed by atoms with E-state index in [1.807, 2.05) is 12.1 Å². The smallest absolute Gasteiger partial charge is 0.405 e. The van der Waals surface area contributed by atoms with Crippen LogP contribution in [0.15, 0.2) is 24.3 Å². The molecule has 1 heterocycles. The number of carbonyl (C=O) groups is 1. The molecule has 1 aromatic rings. The van der Waals surface area contributed by atoms with Crippen LogP contribution < -0.4 is 5.73 Å². The highest BCUT2D eigenvalue weighted by molar-refractivity contribution is 5.65. The molecule has 2 N–H and O–H groups in total. The van der Waals surface area contributed by atoms with Crippen LogP contribution in [0, 0.1) is 5.92 Å². The Morgan fingerprint density at radius 2 is 1.90 bits per heavy atom. The maximum absolute atomic E-state index is 11.2. The zero-order valence-electron chi connectivity index (χ0n) is 13.0. The van der Waals surface area contributed by atoms with Crippen LogP contribution in [0.5, 0.6) is 0 Å². The van der Waals surface area contributed by atoms with Crippen LogP contribution in [0.3, 0.4) is 0 Å². The van der Waals surface area contributed by atoms with E-state index in [0.29, 0.717) is 0 Å². The molecule has 0 saturated carbocycles. The Morgan fingerprint density at radius 1 is 1.29 bits per heavy atom. The predicted octanol–water partition coefficient (Wildman–Crippen LogP) is 3.12. The Labute approximate surface area is 127 Å². The lowest BCUT2D eigenvalue weighted by atomic mass is 9.95. The number of rotatable bonds is 6. The van der Waals surface area contributed by atoms with E-state index in [2.05, 4.69) is 30.9 Å². The number of primary amides is 1. The van der Waals surface area contributed by atoms with E-state index >= 15 is 0 Å². The molecule has 2 unspecified atom stereocenters. The summed E-state index contributed by atoms with van der Waals surface area (Å²) in [7, 11) is 0. The highest BCUT2D eigenvalue weighted by atomic mass is 16.6. The van der Waals surface area contributed by atoms with E-state index in [-0.39, 0.29) is 12.0 Å². The highest BCUT2D eigenvalue weighted by Gasteiger charge is 2.25. The first-order valence-corrected chi connectivity index (χ1v) is 7.87. The van der Waals surface area contributed by atoms with Gasteiger partial charge in [0, 0.05) is 12.5 Å². The summed E-state index contributed by atoms with van der Waals surface area (Å²) in [5.74, 6) is 0.225. The molecule has 1 saturated heterocycles. The summed E-state index contributed by atoms with van der Waals surface area (Å²) in [5.41, 5.74) is 7.56. The second-order valence-electron chi connectivity index (χ2n) is 5.94. The Hall–Kier alpha value is -1.55. The lowest BCUT2D eigenvalue weighted by Crippen LogP contribution is -2.31. The van der Waals surface area contributed by atoms with E-state index in [4.69, 9.17) is 10.5 Å². The van der Waals surface area contributed by atoms with Crippen LogP contribution >= 0.6 is 0 Å². The third-order valence-corrected chi connectivity index (χ3v) is 4.22. The number of aryl methyl sites for hydroxylation is 1. The van der Waals surface area contributed by atoms with Gasteiger partial charge in [0.2, 0.25) is 0 Å². The van der Waals surface area contributed by atoms with Crippen LogP contribution in [0.4, 0.5) is 4.79 Å². The molecule has 2 rings (SSSR count). The van der Waals surface area contributed by atoms with Crippen LogP contribution in [0.2, 0.25) is 0 Å². The van der Waals surface area contributed by atoms with Crippen molar-refractivity contribution in [1.82, 2.24) is 4.90 Å². The minimum absolute atomic E-state index is 0.225. The molecule has 1 aromatic carbocycles. The number of benzene rings is 1. The number of ether oxygens (including phenoxy) is 1. The summed E-state index contributed by atoms with van der Waals surface area (Å²) in [6.07, 6.45) is 2.56. The second kappa shape index (κ2) is 7.46. The van der Waals surface area contributed by atoms with Gasteiger partial charge in [-0.05, 0) is 43.5 Å². The van der Waals surface area contributed by atoms with Crippen molar-refractivity contribution in [3.63, 3.8) is 0 Å². The third-order valence-electron chi connectivity index (χ3n) is 4.22. The fourth-order valence-electron chi connectivity index (χ4n) is 3.05. The second-order valence-corrected chi connectivity index (χ2v) is 5.94. The number of carbonyl (C=O) groups excluding carboxylic acids is 1. The molecule has 4 nitrogen and oxygen atoms in total. The summed E-state index contributed by atoms with van der Waals surface area (Å²) in [6.45, 7) is 7.47. The number of nitrogens with two attached hydrogens (primary N) is 1. The summed E-state index contributed by atoms with van der Waals surface area (Å²) < 4.78 is 5.39. The van der Waals surface area contributed by atoms with Crippen LogP contribution in [0.1, 0.15) is 43.9 Å². The minimum atomic E-state index is -0.701. The van der Waals surface area contributed by atoms with Crippen molar-refractivity contribution >= 4 is 6.09 Å². The van der Waals surface area contributed by atoms with Gasteiger partial charge in [-0.15, -0.1) is 0 Å². The number of likely N-dealkylation sites (tertiary alicyclic amines) is 1. The van der Waals surface area contributed by atoms with Gasteiger partial charge in [-0.3, -0.25) is 0 Å². The zero-order chi connectivity index (χ0) is 15.2. The van der Waals surface area contributed by atoms with Gasteiger partial charge in [0.25, 0.3) is 0 Å². The molecule has 0 bridgehead atoms. The van der Waals surface area contributed by atoms with Crippen LogP contribution in [-0.2, 0) is 11.2 Å². The number of nitrogens with zero attached hydrogens (tertiary/aromatic N) is 1. The molecule has 0 aromatic heterocycles. The summed E-state index contributed by atoms with van der Waals surface area (Å²) in [4.78, 5) is 13.7. The van der Waals surface area contributed by atoms with Gasteiger partial charge in [-0.2, -0.15) is 0 Å². The Bertz CT molecular complexity index is 452. The number of hydrogen-bond acceptors (Lipinski definition) is 3. The van der Waals surface area contributed by atoms with E-state index in [0.717, 1.165) is 31.6 Å². The van der Waals surface area contributed by atoms with Crippen molar-refractivity contribution in [2.75, 3.05) is 19.6 Å². The first-order valence-electron chi connectivity index (χ1n) is 7.87. The molecule has 0 radical (unpaired) electrons. The topological polar surface area (TPSA) is 55.6 Å². The lowest BCUT2D eigenvalue weighted by Gasteiger charge is -2.27. The quantitative estimate of drug-likeness (QED) is 0.875. The first-order chi connectivity index (χ1) is 10.1. The molecule has 0 aliphatic carbocycles. The van der Waals surface area contributed by atoms with Gasteiger partial charge in [0.05, 0.1) is 0 Å². The van der Waals surface area contributed by atoms with Gasteiger partial charge in [0.1, 0.15) is 6.10 Å². The first kappa shape index (κ1) is 15.8. The summed E-state index contributed by atoms with van der Waals surface area (Å²) in [6, 6.07) is 8.28. The fraction of sp³-hybridized carbons (Fsp3) is 0.588. The van der Waals surface area contributed by atoms with E-state index in [1.165, 1.54) is 18.4 Å². The number of hydrogen-bond donors (Lipinski definition) is 1. The minimum Gasteiger partial charge on any atom is -0.441 e. The Balaban J connectivity index is 2.09. The van der Waals surface area contributed by atoms with Crippen molar-refractivity contribution in [2.45, 2.75) is 39.2 Å². The van der Waals surface area contributed by atoms with E-state index in [1.54, 1.807) is 0 Å². The van der Waals surface area contributed by atoms with Crippen molar-refractivity contribution in [1.29, 1.82) is 0 Å². The SMILES string of the molecule is CCc1ccc(C(OC(N)=O)C(C)CN2CCCC2)cc1. The molecule has 4 heteroatoms. The Morgan fingerprint density at radius 3 is 2.43 bits per heavy atom. The van der Waals surface area contributed by atoms with Crippen LogP contribution in [0.25, 0.3) is 0 Å². The molecule has 1 aliphatic rings. The van der Waals surface area contributed by atoms with Crippen molar-refractivity contribution < 1.29 is 9.53 Å². The monoisotopic (exact) mass is 290 g/mol. The van der Waals surface area contributed by atoms with E-state index < -0.39 is 6.09 Å². The third kappa shape index (κ3) is 4.46. The van der Waals surface area contributed by atoms with Crippen LogP contribution in [-0.4, -0.2) is 30.6 Å². The average Bonchev–Trinajstić information content (AvgIpc) is 2.97. The average molecular weight is 290 g/mol. The molecule has 0 spiro atoms. The van der Waals surface area contributed by atoms with Gasteiger partial charge in [0.15, 0.2) is 0 Å². The lowest BCUT2D eigenvalue weighted by molar-refractivity contribution is 0.0609. The summed E-state index contributed by atoms with van der Waals surface area (Å²) in [5, 5.41) is 0. The fourth-order valence-corrected chi connectivity index (χ4v) is 3.05. The van der Waals surface area contributed by atoms with E-state index in [9.17, 15) is 4.79 Å². The molecule has 1 fully saturated rings. The van der Waals surface area contributed by atoms with Crippen molar-refractivity contribution in [3.8, 4) is 0 Å². The van der Waals surface area contributed by atoms with Gasteiger partial charge >= 0.3 is 6.09 Å². The largest absolute Gasteiger partial charge is 0.441 e. The van der Waals surface area contributed by atoms with Gasteiger partial charge in [-0.25, -0.2) is 4.79 Å². The summed E-state index contributed by atoms with van der Waals surface area (Å²) >= 11 is 0. The normalized spacial score (nSPS) is 18.4. The zero-order valence-corrected chi connectivity index (χ0v) is 13.0. The molecular weight excluding hydrogens is 264 g/mol. The molecule has 116 valence electrons. The maximum atomic E-state index is 11.2. The van der Waals surface area contributed by atoms with Crippen molar-refractivity contribution in [3.05, 3.63) is 35.4 Å². The predicted molar refractivity (Wildman–Crippen MR) is 84.1 cm³/mol. The standard InChI is InChI=1S/C17H26N2O2/c1-3-14-6-8-15(9-7-14)16(21-17(18)20)13(2)12-19-10-4-5-11-19/h6-9,13,16H,3-5,10-12H2,1-2H3,(H2,18,20). The molecule has 1 aliphatic heterocycles. The molecular formula is C17H26N2O2. The maximum Gasteiger partial charge on any atom is 0.405 e. The Kier molecular flexibility index (Phi) is 5.62.